The number of benzene rings is 2. The maximum Gasteiger partial charge on any atom is 0.253 e. The molecule has 6 nitrogen and oxygen atoms in total. The van der Waals surface area contributed by atoms with E-state index < -0.39 is 0 Å². The van der Waals surface area contributed by atoms with Crippen molar-refractivity contribution < 1.29 is 14.3 Å². The van der Waals surface area contributed by atoms with Crippen molar-refractivity contribution in [3.63, 3.8) is 0 Å². The lowest BCUT2D eigenvalue weighted by molar-refractivity contribution is -0.116. The summed E-state index contributed by atoms with van der Waals surface area (Å²) in [6.45, 7) is 5.11. The zero-order valence-electron chi connectivity index (χ0n) is 20.2. The third-order valence-electron chi connectivity index (χ3n) is 6.84. The zero-order valence-corrected chi connectivity index (χ0v) is 20.2. The molecule has 0 aliphatic carbocycles. The van der Waals surface area contributed by atoms with Crippen LogP contribution < -0.4 is 15.5 Å². The summed E-state index contributed by atoms with van der Waals surface area (Å²) in [5.41, 5.74) is 3.62. The van der Waals surface area contributed by atoms with Gasteiger partial charge in [0.25, 0.3) is 5.91 Å². The molecule has 2 saturated heterocycles. The van der Waals surface area contributed by atoms with Crippen LogP contribution in [0.1, 0.15) is 61.4 Å². The van der Waals surface area contributed by atoms with Crippen LogP contribution in [0.4, 0.5) is 11.4 Å². The molecule has 2 aromatic rings. The zero-order chi connectivity index (χ0) is 23.8. The topological polar surface area (TPSA) is 70.7 Å². The molecule has 6 heteroatoms. The minimum absolute atomic E-state index is 0.0253. The molecule has 2 heterocycles. The monoisotopic (exact) mass is 463 g/mol. The quantitative estimate of drug-likeness (QED) is 0.561. The number of nitrogens with zero attached hydrogens (tertiary/aromatic N) is 1. The lowest BCUT2D eigenvalue weighted by Crippen LogP contribution is -2.37. The third-order valence-corrected chi connectivity index (χ3v) is 6.84. The van der Waals surface area contributed by atoms with Crippen molar-refractivity contribution in [3.8, 4) is 0 Å². The Labute approximate surface area is 203 Å². The van der Waals surface area contributed by atoms with Gasteiger partial charge in [0, 0.05) is 44.0 Å². The van der Waals surface area contributed by atoms with Gasteiger partial charge in [0.2, 0.25) is 5.91 Å². The van der Waals surface area contributed by atoms with Gasteiger partial charge in [-0.1, -0.05) is 37.3 Å². The summed E-state index contributed by atoms with van der Waals surface area (Å²) >= 11 is 0. The van der Waals surface area contributed by atoms with Crippen molar-refractivity contribution in [2.75, 3.05) is 36.5 Å². The fraction of sp³-hybridized carbons (Fsp3) is 0.500. The highest BCUT2D eigenvalue weighted by Crippen LogP contribution is 2.30. The number of amides is 2. The van der Waals surface area contributed by atoms with Crippen LogP contribution in [0.15, 0.2) is 48.5 Å². The largest absolute Gasteiger partial charge is 0.376 e. The van der Waals surface area contributed by atoms with E-state index >= 15 is 0 Å². The first-order chi connectivity index (χ1) is 16.6. The van der Waals surface area contributed by atoms with Crippen molar-refractivity contribution >= 4 is 23.2 Å². The Balaban J connectivity index is 1.45. The average Bonchev–Trinajstić information content (AvgIpc) is 3.38. The second-order valence-corrected chi connectivity index (χ2v) is 9.50. The van der Waals surface area contributed by atoms with Gasteiger partial charge in [-0.05, 0) is 68.2 Å². The fourth-order valence-corrected chi connectivity index (χ4v) is 4.95. The van der Waals surface area contributed by atoms with Gasteiger partial charge in [-0.15, -0.1) is 0 Å². The molecule has 1 atom stereocenters. The van der Waals surface area contributed by atoms with E-state index in [9.17, 15) is 9.59 Å². The van der Waals surface area contributed by atoms with Crippen LogP contribution >= 0.6 is 0 Å². The number of anilines is 2. The third kappa shape index (κ3) is 6.60. The summed E-state index contributed by atoms with van der Waals surface area (Å²) < 4.78 is 5.67. The van der Waals surface area contributed by atoms with Gasteiger partial charge in [-0.25, -0.2) is 0 Å². The van der Waals surface area contributed by atoms with Gasteiger partial charge in [0.1, 0.15) is 0 Å². The Morgan fingerprint density at radius 3 is 2.56 bits per heavy atom. The first-order valence-corrected chi connectivity index (χ1v) is 12.7. The minimum atomic E-state index is -0.108. The van der Waals surface area contributed by atoms with Crippen LogP contribution in [0.25, 0.3) is 0 Å². The molecular formula is C28H37N3O3. The number of hydrogen-bond acceptors (Lipinski definition) is 4. The van der Waals surface area contributed by atoms with Gasteiger partial charge in [0.05, 0.1) is 11.7 Å². The van der Waals surface area contributed by atoms with E-state index in [-0.39, 0.29) is 17.9 Å². The second kappa shape index (κ2) is 12.0. The second-order valence-electron chi connectivity index (χ2n) is 9.50. The number of piperidine rings is 1. The maximum atomic E-state index is 13.2. The number of hydrogen-bond donors (Lipinski definition) is 2. The minimum Gasteiger partial charge on any atom is -0.376 e. The van der Waals surface area contributed by atoms with E-state index in [0.29, 0.717) is 30.1 Å². The molecule has 2 aliphatic rings. The Kier molecular flexibility index (Phi) is 8.58. The lowest BCUT2D eigenvalue weighted by atomic mass is 9.89. The van der Waals surface area contributed by atoms with E-state index in [1.54, 1.807) is 0 Å². The predicted molar refractivity (Wildman–Crippen MR) is 136 cm³/mol. The molecule has 182 valence electrons. The van der Waals surface area contributed by atoms with E-state index in [4.69, 9.17) is 4.74 Å². The van der Waals surface area contributed by atoms with Gasteiger partial charge in [-0.2, -0.15) is 0 Å². The van der Waals surface area contributed by atoms with E-state index in [0.717, 1.165) is 63.9 Å². The van der Waals surface area contributed by atoms with Crippen LogP contribution in [-0.2, 0) is 16.0 Å². The number of carbonyl (C=O) groups is 2. The fourth-order valence-electron chi connectivity index (χ4n) is 4.95. The molecule has 2 N–H and O–H groups in total. The molecule has 34 heavy (non-hydrogen) atoms. The predicted octanol–water partition coefficient (Wildman–Crippen LogP) is 4.79. The highest BCUT2D eigenvalue weighted by atomic mass is 16.5. The average molecular weight is 464 g/mol. The molecule has 2 aromatic carbocycles. The number of carbonyl (C=O) groups excluding carboxylic acids is 2. The molecular weight excluding hydrogens is 426 g/mol. The first kappa shape index (κ1) is 24.3. The Hall–Kier alpha value is -2.86. The van der Waals surface area contributed by atoms with Crippen molar-refractivity contribution in [2.24, 2.45) is 5.92 Å². The number of nitrogens with one attached hydrogen (secondary N) is 2. The van der Waals surface area contributed by atoms with Crippen LogP contribution in [-0.4, -0.2) is 44.2 Å². The molecule has 1 unspecified atom stereocenters. The maximum absolute atomic E-state index is 13.2. The van der Waals surface area contributed by atoms with Crippen LogP contribution in [0, 0.1) is 5.92 Å². The summed E-state index contributed by atoms with van der Waals surface area (Å²) in [5, 5.41) is 6.00. The standard InChI is InChI=1S/C28H37N3O3/c1-2-7-27(32)30-23-11-12-26(25(19-23)28(33)29-20-24-10-6-17-34-24)31-15-13-22(14-16-31)18-21-8-4-3-5-9-21/h3-5,8-9,11-12,19,22,24H,2,6-7,10,13-18,20H2,1H3,(H,29,33)(H,30,32). The molecule has 2 amide bonds. The van der Waals surface area contributed by atoms with Gasteiger partial charge >= 0.3 is 0 Å². The SMILES string of the molecule is CCCC(=O)Nc1ccc(N2CCC(Cc3ccccc3)CC2)c(C(=O)NCC2CCCO2)c1. The van der Waals surface area contributed by atoms with Crippen molar-refractivity contribution in [1.29, 1.82) is 0 Å². The molecule has 0 radical (unpaired) electrons. The summed E-state index contributed by atoms with van der Waals surface area (Å²) in [6, 6.07) is 16.4. The van der Waals surface area contributed by atoms with Crippen molar-refractivity contribution in [2.45, 2.75) is 58.0 Å². The molecule has 0 bridgehead atoms. The van der Waals surface area contributed by atoms with Gasteiger partial charge in [-0.3, -0.25) is 9.59 Å². The summed E-state index contributed by atoms with van der Waals surface area (Å²) in [6.07, 6.45) is 6.67. The highest BCUT2D eigenvalue weighted by molar-refractivity contribution is 6.02. The highest BCUT2D eigenvalue weighted by Gasteiger charge is 2.24. The van der Waals surface area contributed by atoms with E-state index in [2.05, 4.69) is 45.9 Å². The van der Waals surface area contributed by atoms with Gasteiger partial charge in [0.15, 0.2) is 0 Å². The molecule has 0 spiro atoms. The van der Waals surface area contributed by atoms with E-state index in [1.807, 2.05) is 25.1 Å². The van der Waals surface area contributed by atoms with Crippen LogP contribution in [0.5, 0.6) is 0 Å². The number of ether oxygens (including phenoxy) is 1. The van der Waals surface area contributed by atoms with Crippen molar-refractivity contribution in [1.82, 2.24) is 5.32 Å². The Morgan fingerprint density at radius 1 is 1.06 bits per heavy atom. The van der Waals surface area contributed by atoms with E-state index in [1.165, 1.54) is 5.56 Å². The molecule has 0 aromatic heterocycles. The summed E-state index contributed by atoms with van der Waals surface area (Å²) in [4.78, 5) is 27.7. The Bertz CT molecular complexity index is 949. The van der Waals surface area contributed by atoms with Gasteiger partial charge < -0.3 is 20.3 Å². The smallest absolute Gasteiger partial charge is 0.253 e. The lowest BCUT2D eigenvalue weighted by Gasteiger charge is -2.35. The molecule has 2 aliphatic heterocycles. The molecule has 4 rings (SSSR count). The summed E-state index contributed by atoms with van der Waals surface area (Å²) in [7, 11) is 0. The molecule has 0 saturated carbocycles. The first-order valence-electron chi connectivity index (χ1n) is 12.7. The molecule has 2 fully saturated rings. The normalized spacial score (nSPS) is 18.6. The van der Waals surface area contributed by atoms with Crippen LogP contribution in [0.2, 0.25) is 0 Å². The van der Waals surface area contributed by atoms with Crippen LogP contribution in [0.3, 0.4) is 0 Å². The summed E-state index contributed by atoms with van der Waals surface area (Å²) in [5.74, 6) is 0.522. The Morgan fingerprint density at radius 2 is 1.85 bits per heavy atom. The van der Waals surface area contributed by atoms with Crippen molar-refractivity contribution in [3.05, 3.63) is 59.7 Å². The number of rotatable bonds is 9.